The topological polar surface area (TPSA) is 52.9 Å². The first kappa shape index (κ1) is 25.8. The number of carbonyl (C=O) groups excluding carboxylic acids is 1. The summed E-state index contributed by atoms with van der Waals surface area (Å²) in [6, 6.07) is 12.7. The van der Waals surface area contributed by atoms with Gasteiger partial charge in [-0.3, -0.25) is 4.79 Å². The van der Waals surface area contributed by atoms with Crippen LogP contribution in [0.2, 0.25) is 0 Å². The van der Waals surface area contributed by atoms with Crippen molar-refractivity contribution in [3.63, 3.8) is 0 Å². The van der Waals surface area contributed by atoms with Crippen LogP contribution in [-0.4, -0.2) is 23.4 Å². The lowest BCUT2D eigenvalue weighted by atomic mass is 10.0. The fourth-order valence-corrected chi connectivity index (χ4v) is 3.48. The smallest absolute Gasteiger partial charge is 0.410 e. The molecule has 0 heterocycles. The first-order chi connectivity index (χ1) is 16.5. The van der Waals surface area contributed by atoms with Gasteiger partial charge in [0.2, 0.25) is 0 Å². The van der Waals surface area contributed by atoms with Crippen molar-refractivity contribution in [1.82, 2.24) is 0 Å². The molecule has 184 valence electrons. The number of amides is 1. The summed E-state index contributed by atoms with van der Waals surface area (Å²) in [4.78, 5) is 14.4. The largest absolute Gasteiger partial charge is 0.419 e. The predicted octanol–water partition coefficient (Wildman–Crippen LogP) is 6.19. The summed E-state index contributed by atoms with van der Waals surface area (Å²) in [5.41, 5.74) is -1.17. The van der Waals surface area contributed by atoms with Crippen LogP contribution in [0.5, 0.6) is 0 Å². The summed E-state index contributed by atoms with van der Waals surface area (Å²) in [5, 5.41) is 12.6. The van der Waals surface area contributed by atoms with Gasteiger partial charge < -0.3 is 10.1 Å². The third-order valence-electron chi connectivity index (χ3n) is 5.54. The molecule has 0 aliphatic rings. The van der Waals surface area contributed by atoms with E-state index >= 15 is 0 Å². The molecule has 3 rings (SSSR count). The lowest BCUT2D eigenvalue weighted by molar-refractivity contribution is -0.140. The zero-order chi connectivity index (χ0) is 25.9. The highest BCUT2D eigenvalue weighted by Crippen LogP contribution is 2.34. The first-order valence-electron chi connectivity index (χ1n) is 10.4. The molecule has 1 N–H and O–H groups in total. The van der Waals surface area contributed by atoms with Crippen LogP contribution in [0.25, 0.3) is 0 Å². The third-order valence-corrected chi connectivity index (χ3v) is 5.54. The van der Waals surface area contributed by atoms with Gasteiger partial charge in [0.15, 0.2) is 17.3 Å². The summed E-state index contributed by atoms with van der Waals surface area (Å²) >= 11 is 0. The molecule has 0 spiro atoms. The Kier molecular flexibility index (Phi) is 7.52. The van der Waals surface area contributed by atoms with Crippen LogP contribution in [-0.2, 0) is 17.4 Å². The molecule has 0 unspecified atom stereocenters. The first-order valence-corrected chi connectivity index (χ1v) is 10.4. The number of rotatable bonds is 6. The van der Waals surface area contributed by atoms with Gasteiger partial charge in [0.25, 0.3) is 5.91 Å². The number of aryl methyl sites for hydroxylation is 2. The van der Waals surface area contributed by atoms with Gasteiger partial charge in [0, 0.05) is 23.4 Å². The molecule has 35 heavy (non-hydrogen) atoms. The molecule has 0 aromatic heterocycles. The second-order valence-corrected chi connectivity index (χ2v) is 7.80. The van der Waals surface area contributed by atoms with Crippen LogP contribution in [0.4, 0.5) is 32.0 Å². The lowest BCUT2D eigenvalue weighted by Gasteiger charge is -2.24. The lowest BCUT2D eigenvalue weighted by Crippen LogP contribution is -2.39. The zero-order valence-electron chi connectivity index (χ0n) is 18.6. The van der Waals surface area contributed by atoms with Crippen molar-refractivity contribution in [1.29, 1.82) is 0 Å². The van der Waals surface area contributed by atoms with E-state index in [1.807, 2.05) is 6.92 Å². The number of benzene rings is 3. The molecule has 0 atom stereocenters. The number of hydrogen-bond donors (Lipinski definition) is 1. The third kappa shape index (κ3) is 5.47. The van der Waals surface area contributed by atoms with Gasteiger partial charge in [-0.15, -0.1) is 0 Å². The monoisotopic (exact) mass is 494 g/mol. The molecule has 0 aliphatic heterocycles. The van der Waals surface area contributed by atoms with E-state index in [2.05, 4.69) is 5.16 Å². The van der Waals surface area contributed by atoms with E-state index in [-0.39, 0.29) is 23.0 Å². The Balaban J connectivity index is 2.02. The Bertz CT molecular complexity index is 1270. The van der Waals surface area contributed by atoms with Crippen molar-refractivity contribution in [3.05, 3.63) is 99.9 Å². The normalized spacial score (nSPS) is 12.1. The van der Waals surface area contributed by atoms with Gasteiger partial charge in [-0.25, -0.2) is 13.2 Å². The molecule has 0 bridgehead atoms. The van der Waals surface area contributed by atoms with Crippen molar-refractivity contribution in [2.45, 2.75) is 26.4 Å². The molecule has 4 nitrogen and oxygen atoms in total. The van der Waals surface area contributed by atoms with Crippen LogP contribution in [0.1, 0.15) is 27.8 Å². The second kappa shape index (κ2) is 10.2. The average molecular weight is 494 g/mol. The minimum atomic E-state index is -5.28. The second-order valence-electron chi connectivity index (χ2n) is 7.80. The summed E-state index contributed by atoms with van der Waals surface area (Å²) in [6.07, 6.45) is -5.94. The van der Waals surface area contributed by atoms with Gasteiger partial charge in [-0.2, -0.15) is 13.2 Å². The van der Waals surface area contributed by atoms with E-state index in [1.165, 1.54) is 12.1 Å². The Labute approximate surface area is 197 Å². The maximum absolute atomic E-state index is 14.4. The molecule has 3 aromatic rings. The molecule has 3 aromatic carbocycles. The molecule has 0 radical (unpaired) electrons. The van der Waals surface area contributed by atoms with Crippen molar-refractivity contribution in [2.75, 3.05) is 11.4 Å². The van der Waals surface area contributed by atoms with E-state index in [1.54, 1.807) is 43.3 Å². The highest BCUT2D eigenvalue weighted by atomic mass is 19.4. The Morgan fingerprint density at radius 2 is 1.60 bits per heavy atom. The summed E-state index contributed by atoms with van der Waals surface area (Å²) < 4.78 is 81.5. The molecule has 0 saturated heterocycles. The van der Waals surface area contributed by atoms with Crippen molar-refractivity contribution in [2.24, 2.45) is 5.16 Å². The van der Waals surface area contributed by atoms with Crippen molar-refractivity contribution < 1.29 is 36.3 Å². The molecule has 10 heteroatoms. The minimum absolute atomic E-state index is 0.111. The Hall–Kier alpha value is -3.82. The van der Waals surface area contributed by atoms with Crippen LogP contribution in [0.3, 0.4) is 0 Å². The standard InChI is InChI=1S/C25H20F6N2O2/c1-14-8-9-17(12-15(14)2)33(24(34)23(32-35)16-6-4-3-5-7-16)11-10-18-20(26)13-19(25(29,30)31)22(28)21(18)27/h3-9,12-13,35H,10-11H2,1-2H3/b32-23-. The van der Waals surface area contributed by atoms with E-state index in [9.17, 15) is 36.3 Å². The van der Waals surface area contributed by atoms with Gasteiger partial charge in [-0.05, 0) is 49.6 Å². The summed E-state index contributed by atoms with van der Waals surface area (Å²) in [7, 11) is 0. The molecular formula is C25H20F6N2O2. The maximum atomic E-state index is 14.4. The number of halogens is 6. The number of anilines is 1. The molecule has 1 amide bonds. The molecule has 0 fully saturated rings. The molecule has 0 aliphatic carbocycles. The van der Waals surface area contributed by atoms with Crippen LogP contribution in [0.15, 0.2) is 59.8 Å². The van der Waals surface area contributed by atoms with Gasteiger partial charge >= 0.3 is 6.18 Å². The fourth-order valence-electron chi connectivity index (χ4n) is 3.48. The number of carbonyl (C=O) groups is 1. The molecule has 0 saturated carbocycles. The minimum Gasteiger partial charge on any atom is -0.410 e. The van der Waals surface area contributed by atoms with E-state index in [4.69, 9.17) is 0 Å². The van der Waals surface area contributed by atoms with E-state index in [0.717, 1.165) is 16.0 Å². The quantitative estimate of drug-likeness (QED) is 0.146. The van der Waals surface area contributed by atoms with Gasteiger partial charge in [0.1, 0.15) is 5.82 Å². The highest BCUT2D eigenvalue weighted by Gasteiger charge is 2.37. The maximum Gasteiger partial charge on any atom is 0.419 e. The summed E-state index contributed by atoms with van der Waals surface area (Å²) in [6.45, 7) is 3.14. The van der Waals surface area contributed by atoms with E-state index in [0.29, 0.717) is 0 Å². The van der Waals surface area contributed by atoms with Crippen molar-refractivity contribution >= 4 is 17.3 Å². The van der Waals surface area contributed by atoms with Crippen LogP contribution >= 0.6 is 0 Å². The summed E-state index contributed by atoms with van der Waals surface area (Å²) in [5.74, 6) is -6.64. The fraction of sp³-hybridized carbons (Fsp3) is 0.200. The van der Waals surface area contributed by atoms with Gasteiger partial charge in [-0.1, -0.05) is 41.6 Å². The van der Waals surface area contributed by atoms with Gasteiger partial charge in [0.05, 0.1) is 5.56 Å². The van der Waals surface area contributed by atoms with Crippen LogP contribution in [0, 0.1) is 31.3 Å². The Morgan fingerprint density at radius 1 is 0.943 bits per heavy atom. The SMILES string of the molecule is Cc1ccc(N(CCc2c(F)cc(C(F)(F)F)c(F)c2F)C(=O)/C(=N\O)c2ccccc2)cc1C. The zero-order valence-corrected chi connectivity index (χ0v) is 18.6. The molecular weight excluding hydrogens is 474 g/mol. The van der Waals surface area contributed by atoms with E-state index < -0.39 is 53.6 Å². The van der Waals surface area contributed by atoms with Crippen LogP contribution < -0.4 is 4.90 Å². The number of hydrogen-bond acceptors (Lipinski definition) is 3. The number of nitrogens with zero attached hydrogens (tertiary/aromatic N) is 2. The average Bonchev–Trinajstić information content (AvgIpc) is 2.81. The van der Waals surface area contributed by atoms with Crippen molar-refractivity contribution in [3.8, 4) is 0 Å². The predicted molar refractivity (Wildman–Crippen MR) is 118 cm³/mol. The number of oxime groups is 1. The number of alkyl halides is 3. The Morgan fingerprint density at radius 3 is 2.17 bits per heavy atom. The highest BCUT2D eigenvalue weighted by molar-refractivity contribution is 6.49.